The molecule has 0 spiro atoms. The third-order valence-electron chi connectivity index (χ3n) is 5.66. The van der Waals surface area contributed by atoms with E-state index < -0.39 is 4.92 Å². The second-order valence-corrected chi connectivity index (χ2v) is 10.6. The third kappa shape index (κ3) is 5.06. The van der Waals surface area contributed by atoms with E-state index in [9.17, 15) is 14.9 Å². The number of methoxy groups -OCH3 is 1. The van der Waals surface area contributed by atoms with E-state index in [1.807, 2.05) is 60.7 Å². The van der Waals surface area contributed by atoms with Gasteiger partial charge >= 0.3 is 0 Å². The number of non-ortho nitro benzene ring substituents is 1. The highest BCUT2D eigenvalue weighted by molar-refractivity contribution is 7.98. The van der Waals surface area contributed by atoms with Crippen molar-refractivity contribution in [1.29, 1.82) is 0 Å². The second kappa shape index (κ2) is 10.7. The van der Waals surface area contributed by atoms with Gasteiger partial charge in [0.05, 0.1) is 24.3 Å². The van der Waals surface area contributed by atoms with Gasteiger partial charge < -0.3 is 4.74 Å². The number of aromatic nitrogens is 3. The van der Waals surface area contributed by atoms with E-state index in [1.54, 1.807) is 22.3 Å². The van der Waals surface area contributed by atoms with Crippen molar-refractivity contribution in [1.82, 2.24) is 14.1 Å². The number of nitrogens with zero attached hydrogens (tertiary/aromatic N) is 4. The van der Waals surface area contributed by atoms with Crippen LogP contribution < -0.4 is 10.3 Å². The fourth-order valence-corrected chi connectivity index (χ4v) is 6.16. The summed E-state index contributed by atoms with van der Waals surface area (Å²) in [5.41, 5.74) is 2.69. The molecule has 5 aromatic rings. The van der Waals surface area contributed by atoms with E-state index in [0.29, 0.717) is 43.2 Å². The maximum absolute atomic E-state index is 13.8. The van der Waals surface area contributed by atoms with Gasteiger partial charge in [0.25, 0.3) is 11.2 Å². The highest BCUT2D eigenvalue weighted by Crippen LogP contribution is 2.31. The zero-order valence-electron chi connectivity index (χ0n) is 19.6. The molecule has 37 heavy (non-hydrogen) atoms. The van der Waals surface area contributed by atoms with Gasteiger partial charge in [0, 0.05) is 17.9 Å². The average molecular weight is 549 g/mol. The highest BCUT2D eigenvalue weighted by Gasteiger charge is 2.20. The molecule has 0 fully saturated rings. The smallest absolute Gasteiger partial charge is 0.274 e. The van der Waals surface area contributed by atoms with E-state index in [0.717, 1.165) is 11.1 Å². The Morgan fingerprint density at radius 3 is 2.54 bits per heavy atom. The summed E-state index contributed by atoms with van der Waals surface area (Å²) < 4.78 is 9.87. The number of hydrogen-bond acceptors (Lipinski definition) is 8. The number of hydrogen-bond donors (Lipinski definition) is 0. The summed E-state index contributed by atoms with van der Waals surface area (Å²) >= 11 is 8.23. The maximum Gasteiger partial charge on any atom is 0.274 e. The first-order chi connectivity index (χ1) is 18.0. The standard InChI is InChI=1S/C26H20N4O4S3/c1-34-21-13-6-5-12-20(21)29-23-22(37-26(29)35)24(31)28(15-17-8-3-2-4-9-17)25(27-23)36-16-18-10-7-11-19(14-18)30(32)33/h2-14H,15-16H2,1H3. The predicted molar refractivity (Wildman–Crippen MR) is 149 cm³/mol. The molecule has 0 amide bonds. The van der Waals surface area contributed by atoms with Crippen molar-refractivity contribution in [3.63, 3.8) is 0 Å². The fourth-order valence-electron chi connectivity index (χ4n) is 3.92. The van der Waals surface area contributed by atoms with Crippen LogP contribution in [0.1, 0.15) is 11.1 Å². The Morgan fingerprint density at radius 1 is 1.05 bits per heavy atom. The molecule has 0 bridgehead atoms. The summed E-state index contributed by atoms with van der Waals surface area (Å²) in [5, 5.41) is 11.7. The lowest BCUT2D eigenvalue weighted by Crippen LogP contribution is -2.23. The van der Waals surface area contributed by atoms with E-state index in [4.69, 9.17) is 21.9 Å². The van der Waals surface area contributed by atoms with Gasteiger partial charge in [-0.2, -0.15) is 0 Å². The number of thioether (sulfide) groups is 1. The Bertz CT molecular complexity index is 1730. The van der Waals surface area contributed by atoms with Gasteiger partial charge in [-0.3, -0.25) is 24.0 Å². The average Bonchev–Trinajstić information content (AvgIpc) is 3.25. The van der Waals surface area contributed by atoms with Crippen LogP contribution in [0.2, 0.25) is 0 Å². The number of thiazole rings is 1. The molecule has 8 nitrogen and oxygen atoms in total. The first-order valence-electron chi connectivity index (χ1n) is 11.2. The van der Waals surface area contributed by atoms with Crippen molar-refractivity contribution in [3.05, 3.63) is 114 Å². The van der Waals surface area contributed by atoms with Gasteiger partial charge in [-0.15, -0.1) is 0 Å². The summed E-state index contributed by atoms with van der Waals surface area (Å²) in [5.74, 6) is 1.01. The molecule has 0 radical (unpaired) electrons. The van der Waals surface area contributed by atoms with E-state index in [2.05, 4.69) is 0 Å². The molecule has 11 heteroatoms. The van der Waals surface area contributed by atoms with Gasteiger partial charge in [0.2, 0.25) is 0 Å². The largest absolute Gasteiger partial charge is 0.495 e. The van der Waals surface area contributed by atoms with Crippen molar-refractivity contribution >= 4 is 51.4 Å². The zero-order chi connectivity index (χ0) is 25.9. The molecule has 2 heterocycles. The number of rotatable bonds is 8. The molecule has 0 aliphatic heterocycles. The highest BCUT2D eigenvalue weighted by atomic mass is 32.2. The topological polar surface area (TPSA) is 92.2 Å². The Kier molecular flexibility index (Phi) is 7.17. The summed E-state index contributed by atoms with van der Waals surface area (Å²) in [6.07, 6.45) is 0. The molecule has 5 rings (SSSR count). The number of nitro benzene ring substituents is 1. The lowest BCUT2D eigenvalue weighted by molar-refractivity contribution is -0.384. The maximum atomic E-state index is 13.8. The van der Waals surface area contributed by atoms with Crippen LogP contribution in [-0.2, 0) is 12.3 Å². The molecule has 2 aromatic heterocycles. The van der Waals surface area contributed by atoms with Gasteiger partial charge in [-0.05, 0) is 35.5 Å². The van der Waals surface area contributed by atoms with Crippen LogP contribution in [0.25, 0.3) is 16.0 Å². The molecule has 0 saturated heterocycles. The lowest BCUT2D eigenvalue weighted by atomic mass is 10.2. The molecule has 0 atom stereocenters. The van der Waals surface area contributed by atoms with Crippen molar-refractivity contribution in [2.24, 2.45) is 0 Å². The summed E-state index contributed by atoms with van der Waals surface area (Å²) in [6, 6.07) is 23.6. The molecule has 0 aliphatic carbocycles. The van der Waals surface area contributed by atoms with Gasteiger partial charge in [0.1, 0.15) is 10.4 Å². The SMILES string of the molecule is COc1ccccc1-n1c(=S)sc2c(=O)n(Cc3ccccc3)c(SCc3cccc([N+](=O)[O-])c3)nc21. The first-order valence-corrected chi connectivity index (χ1v) is 13.4. The van der Waals surface area contributed by atoms with Crippen LogP contribution in [0.4, 0.5) is 5.69 Å². The molecule has 0 saturated carbocycles. The molecule has 3 aromatic carbocycles. The number of nitro groups is 1. The predicted octanol–water partition coefficient (Wildman–Crippen LogP) is 6.24. The van der Waals surface area contributed by atoms with Crippen LogP contribution in [0.15, 0.2) is 88.8 Å². The van der Waals surface area contributed by atoms with Crippen molar-refractivity contribution in [3.8, 4) is 11.4 Å². The number of benzene rings is 3. The summed E-state index contributed by atoms with van der Waals surface area (Å²) in [7, 11) is 1.58. The Balaban J connectivity index is 1.66. The van der Waals surface area contributed by atoms with Crippen LogP contribution in [0.3, 0.4) is 0 Å². The number of ether oxygens (including phenoxy) is 1. The number of para-hydroxylation sites is 2. The quantitative estimate of drug-likeness (QED) is 0.0746. The third-order valence-corrected chi connectivity index (χ3v) is 8.06. The van der Waals surface area contributed by atoms with Gasteiger partial charge in [-0.25, -0.2) is 4.98 Å². The van der Waals surface area contributed by atoms with Crippen LogP contribution in [0, 0.1) is 14.1 Å². The summed E-state index contributed by atoms with van der Waals surface area (Å²) in [4.78, 5) is 29.5. The van der Waals surface area contributed by atoms with Crippen molar-refractivity contribution in [2.45, 2.75) is 17.5 Å². The van der Waals surface area contributed by atoms with Crippen LogP contribution >= 0.6 is 35.3 Å². The van der Waals surface area contributed by atoms with Crippen LogP contribution in [-0.4, -0.2) is 26.2 Å². The monoisotopic (exact) mass is 548 g/mol. The fraction of sp³-hybridized carbons (Fsp3) is 0.115. The first kappa shape index (κ1) is 24.9. The van der Waals surface area contributed by atoms with E-state index in [-0.39, 0.29) is 11.2 Å². The molecule has 0 N–H and O–H groups in total. The minimum absolute atomic E-state index is 0.0192. The van der Waals surface area contributed by atoms with Crippen molar-refractivity contribution < 1.29 is 9.66 Å². The molecule has 186 valence electrons. The Labute approximate surface area is 225 Å². The minimum Gasteiger partial charge on any atom is -0.495 e. The normalized spacial score (nSPS) is 11.1. The molecule has 0 aliphatic rings. The van der Waals surface area contributed by atoms with E-state index >= 15 is 0 Å². The van der Waals surface area contributed by atoms with E-state index in [1.165, 1.54) is 35.2 Å². The Hall–Kier alpha value is -3.80. The molecular weight excluding hydrogens is 529 g/mol. The van der Waals surface area contributed by atoms with Gasteiger partial charge in [0.15, 0.2) is 14.8 Å². The van der Waals surface area contributed by atoms with Crippen molar-refractivity contribution in [2.75, 3.05) is 7.11 Å². The summed E-state index contributed by atoms with van der Waals surface area (Å²) in [6.45, 7) is 0.333. The lowest BCUT2D eigenvalue weighted by Gasteiger charge is -2.14. The molecular formula is C26H20N4O4S3. The Morgan fingerprint density at radius 2 is 1.78 bits per heavy atom. The number of fused-ring (bicyclic) bond motifs is 1. The zero-order valence-corrected chi connectivity index (χ0v) is 22.0. The van der Waals surface area contributed by atoms with Gasteiger partial charge in [-0.1, -0.05) is 77.7 Å². The second-order valence-electron chi connectivity index (χ2n) is 8.01. The molecule has 0 unspecified atom stereocenters. The van der Waals surface area contributed by atoms with Crippen LogP contribution in [0.5, 0.6) is 5.75 Å². The minimum atomic E-state index is -0.420.